The maximum atomic E-state index is 3.53. The number of fused-ring (bicyclic) bond motifs is 1. The number of thiophene rings is 1. The van der Waals surface area contributed by atoms with Crippen molar-refractivity contribution in [2.45, 2.75) is 25.7 Å². The van der Waals surface area contributed by atoms with Crippen molar-refractivity contribution >= 4 is 21.4 Å². The van der Waals surface area contributed by atoms with Crippen molar-refractivity contribution in [1.29, 1.82) is 0 Å². The normalized spacial score (nSPS) is 22.8. The predicted molar refractivity (Wildman–Crippen MR) is 75.8 cm³/mol. The lowest BCUT2D eigenvalue weighted by Gasteiger charge is -2.28. The largest absolute Gasteiger partial charge is 0.316 e. The fourth-order valence-corrected chi connectivity index (χ4v) is 3.98. The van der Waals surface area contributed by atoms with Gasteiger partial charge in [0, 0.05) is 4.70 Å². The highest BCUT2D eigenvalue weighted by atomic mass is 32.1. The molecule has 0 saturated carbocycles. The minimum atomic E-state index is 0.680. The third-order valence-electron chi connectivity index (χ3n) is 4.04. The molecule has 0 radical (unpaired) electrons. The molecule has 2 unspecified atom stereocenters. The van der Waals surface area contributed by atoms with E-state index in [9.17, 15) is 0 Å². The zero-order chi connectivity index (χ0) is 11.7. The van der Waals surface area contributed by atoms with E-state index in [1.807, 2.05) is 11.3 Å². The standard InChI is InChI=1S/C15H19NS/c1-11(12-5-4-8-16-9-12)14-10-17-15-7-3-2-6-13(14)15/h2-3,6-7,10-12,16H,4-5,8-9H2,1H3. The van der Waals surface area contributed by atoms with Gasteiger partial charge in [0.1, 0.15) is 0 Å². The zero-order valence-electron chi connectivity index (χ0n) is 10.3. The molecule has 17 heavy (non-hydrogen) atoms. The van der Waals surface area contributed by atoms with Crippen LogP contribution in [-0.4, -0.2) is 13.1 Å². The van der Waals surface area contributed by atoms with Crippen molar-refractivity contribution in [3.63, 3.8) is 0 Å². The molecule has 90 valence electrons. The average Bonchev–Trinajstić information content (AvgIpc) is 2.83. The smallest absolute Gasteiger partial charge is 0.0345 e. The summed E-state index contributed by atoms with van der Waals surface area (Å²) < 4.78 is 1.43. The topological polar surface area (TPSA) is 12.0 Å². The van der Waals surface area contributed by atoms with Gasteiger partial charge < -0.3 is 5.32 Å². The Bertz CT molecular complexity index is 496. The Hall–Kier alpha value is -0.860. The maximum Gasteiger partial charge on any atom is 0.0345 e. The summed E-state index contributed by atoms with van der Waals surface area (Å²) in [7, 11) is 0. The van der Waals surface area contributed by atoms with Crippen LogP contribution in [0.5, 0.6) is 0 Å². The van der Waals surface area contributed by atoms with Crippen molar-refractivity contribution in [3.05, 3.63) is 35.2 Å². The Morgan fingerprint density at radius 2 is 2.24 bits per heavy atom. The Morgan fingerprint density at radius 1 is 1.35 bits per heavy atom. The van der Waals surface area contributed by atoms with Gasteiger partial charge in [-0.25, -0.2) is 0 Å². The summed E-state index contributed by atoms with van der Waals surface area (Å²) in [5, 5.41) is 7.36. The lowest BCUT2D eigenvalue weighted by atomic mass is 9.83. The number of benzene rings is 1. The summed E-state index contributed by atoms with van der Waals surface area (Å²) in [6.07, 6.45) is 2.70. The molecule has 0 aliphatic carbocycles. The van der Waals surface area contributed by atoms with E-state index in [2.05, 4.69) is 41.9 Å². The van der Waals surface area contributed by atoms with Crippen molar-refractivity contribution in [2.24, 2.45) is 5.92 Å². The minimum Gasteiger partial charge on any atom is -0.316 e. The van der Waals surface area contributed by atoms with E-state index in [0.717, 1.165) is 5.92 Å². The third kappa shape index (κ3) is 2.12. The minimum absolute atomic E-state index is 0.680. The Morgan fingerprint density at radius 3 is 3.06 bits per heavy atom. The molecule has 3 rings (SSSR count). The molecular weight excluding hydrogens is 226 g/mol. The van der Waals surface area contributed by atoms with Gasteiger partial charge in [0.25, 0.3) is 0 Å². The fourth-order valence-electron chi connectivity index (χ4n) is 2.91. The monoisotopic (exact) mass is 245 g/mol. The number of rotatable bonds is 2. The molecule has 1 N–H and O–H groups in total. The zero-order valence-corrected chi connectivity index (χ0v) is 11.1. The van der Waals surface area contributed by atoms with Gasteiger partial charge in [0.2, 0.25) is 0 Å². The van der Waals surface area contributed by atoms with E-state index in [1.54, 1.807) is 5.56 Å². The molecular formula is C15H19NS. The van der Waals surface area contributed by atoms with Crippen molar-refractivity contribution in [3.8, 4) is 0 Å². The number of hydrogen-bond donors (Lipinski definition) is 1. The predicted octanol–water partition coefficient (Wildman–Crippen LogP) is 4.00. The van der Waals surface area contributed by atoms with Gasteiger partial charge in [-0.3, -0.25) is 0 Å². The van der Waals surface area contributed by atoms with Crippen LogP contribution >= 0.6 is 11.3 Å². The number of nitrogens with one attached hydrogen (secondary N) is 1. The van der Waals surface area contributed by atoms with Crippen LogP contribution in [-0.2, 0) is 0 Å². The SMILES string of the molecule is CC(c1csc2ccccc12)C1CCCNC1. The molecule has 0 bridgehead atoms. The van der Waals surface area contributed by atoms with E-state index >= 15 is 0 Å². The van der Waals surface area contributed by atoms with Crippen molar-refractivity contribution in [2.75, 3.05) is 13.1 Å². The molecule has 1 aromatic carbocycles. The van der Waals surface area contributed by atoms with Gasteiger partial charge in [-0.15, -0.1) is 11.3 Å². The second-order valence-corrected chi connectivity index (χ2v) is 5.99. The molecule has 2 heterocycles. The molecule has 1 saturated heterocycles. The van der Waals surface area contributed by atoms with Gasteiger partial charge in [-0.1, -0.05) is 25.1 Å². The maximum absolute atomic E-state index is 3.53. The van der Waals surface area contributed by atoms with E-state index in [1.165, 1.54) is 36.0 Å². The molecule has 1 aliphatic rings. The lowest BCUT2D eigenvalue weighted by molar-refractivity contribution is 0.336. The van der Waals surface area contributed by atoms with Gasteiger partial charge in [-0.2, -0.15) is 0 Å². The summed E-state index contributed by atoms with van der Waals surface area (Å²) >= 11 is 1.89. The van der Waals surface area contributed by atoms with Crippen LogP contribution in [0.4, 0.5) is 0 Å². The highest BCUT2D eigenvalue weighted by Gasteiger charge is 2.22. The van der Waals surface area contributed by atoms with Crippen LogP contribution < -0.4 is 5.32 Å². The molecule has 2 aromatic rings. The second-order valence-electron chi connectivity index (χ2n) is 5.08. The van der Waals surface area contributed by atoms with Crippen LogP contribution in [0.25, 0.3) is 10.1 Å². The first-order chi connectivity index (χ1) is 8.36. The van der Waals surface area contributed by atoms with Gasteiger partial charge >= 0.3 is 0 Å². The summed E-state index contributed by atoms with van der Waals surface area (Å²) in [4.78, 5) is 0. The van der Waals surface area contributed by atoms with Crippen molar-refractivity contribution < 1.29 is 0 Å². The summed E-state index contributed by atoms with van der Waals surface area (Å²) in [6.45, 7) is 4.78. The van der Waals surface area contributed by atoms with Gasteiger partial charge in [0.05, 0.1) is 0 Å². The molecule has 2 heteroatoms. The van der Waals surface area contributed by atoms with E-state index in [4.69, 9.17) is 0 Å². The molecule has 1 aromatic heterocycles. The Labute approximate surface area is 107 Å². The van der Waals surface area contributed by atoms with E-state index < -0.39 is 0 Å². The fraction of sp³-hybridized carbons (Fsp3) is 0.467. The lowest BCUT2D eigenvalue weighted by Crippen LogP contribution is -2.32. The first-order valence-electron chi connectivity index (χ1n) is 6.53. The van der Waals surface area contributed by atoms with Gasteiger partial charge in [-0.05, 0) is 60.2 Å². The first-order valence-corrected chi connectivity index (χ1v) is 7.41. The van der Waals surface area contributed by atoms with E-state index in [0.29, 0.717) is 5.92 Å². The second kappa shape index (κ2) is 4.79. The average molecular weight is 245 g/mol. The molecule has 1 fully saturated rings. The Balaban J connectivity index is 1.92. The molecule has 0 spiro atoms. The Kier molecular flexibility index (Phi) is 3.17. The van der Waals surface area contributed by atoms with Crippen LogP contribution in [0.1, 0.15) is 31.2 Å². The van der Waals surface area contributed by atoms with E-state index in [-0.39, 0.29) is 0 Å². The third-order valence-corrected chi connectivity index (χ3v) is 5.03. The summed E-state index contributed by atoms with van der Waals surface area (Å²) in [6, 6.07) is 8.79. The van der Waals surface area contributed by atoms with Crippen LogP contribution in [0.2, 0.25) is 0 Å². The van der Waals surface area contributed by atoms with Crippen molar-refractivity contribution in [1.82, 2.24) is 5.32 Å². The summed E-state index contributed by atoms with van der Waals surface area (Å²) in [5.74, 6) is 1.49. The van der Waals surface area contributed by atoms with Gasteiger partial charge in [0.15, 0.2) is 0 Å². The number of piperidine rings is 1. The molecule has 2 atom stereocenters. The van der Waals surface area contributed by atoms with Crippen LogP contribution in [0.15, 0.2) is 29.6 Å². The first kappa shape index (κ1) is 11.2. The highest BCUT2D eigenvalue weighted by Crippen LogP contribution is 2.36. The van der Waals surface area contributed by atoms with Crippen LogP contribution in [0.3, 0.4) is 0 Å². The quantitative estimate of drug-likeness (QED) is 0.843. The van der Waals surface area contributed by atoms with Crippen LogP contribution in [0, 0.1) is 5.92 Å². The molecule has 1 nitrogen and oxygen atoms in total. The molecule has 1 aliphatic heterocycles. The highest BCUT2D eigenvalue weighted by molar-refractivity contribution is 7.17. The molecule has 0 amide bonds. The summed E-state index contributed by atoms with van der Waals surface area (Å²) in [5.41, 5.74) is 1.55. The number of hydrogen-bond acceptors (Lipinski definition) is 2.